The Morgan fingerprint density at radius 3 is 1.93 bits per heavy atom. The first-order valence-electron chi connectivity index (χ1n) is 11.4. The van der Waals surface area contributed by atoms with Crippen LogP contribution in [0.4, 0.5) is 38.2 Å². The molecule has 2 aromatic rings. The SMILES string of the molecule is [2H]c1cc(-c2nc(N[C@]([2H])(C([2H])([2H])[2H])C(F)(F)F)nc(N[C@]([2H])(C([2H])([2H])[2H])C(F)(F)F)n2)nc(Cl)c1[2H]. The van der Waals surface area contributed by atoms with E-state index in [4.69, 9.17) is 25.3 Å². The molecule has 0 aromatic carbocycles. The summed E-state index contributed by atoms with van der Waals surface area (Å²) >= 11 is 5.67. The third-order valence-corrected chi connectivity index (χ3v) is 2.69. The van der Waals surface area contributed by atoms with Gasteiger partial charge in [-0.05, 0) is 25.8 Å². The molecule has 27 heavy (non-hydrogen) atoms. The van der Waals surface area contributed by atoms with Gasteiger partial charge in [-0.1, -0.05) is 17.6 Å². The molecule has 0 aliphatic heterocycles. The zero-order valence-corrected chi connectivity index (χ0v) is 13.3. The van der Waals surface area contributed by atoms with Crippen molar-refractivity contribution in [2.24, 2.45) is 0 Å². The number of hydrogen-bond acceptors (Lipinski definition) is 6. The number of anilines is 2. The Morgan fingerprint density at radius 1 is 1.00 bits per heavy atom. The molecule has 13 heteroatoms. The Balaban J connectivity index is 2.82. The summed E-state index contributed by atoms with van der Waals surface area (Å²) in [5.74, 6) is -3.98. The van der Waals surface area contributed by atoms with Gasteiger partial charge >= 0.3 is 12.4 Å². The molecule has 2 aromatic heterocycles. The Hall–Kier alpha value is -2.37. The van der Waals surface area contributed by atoms with E-state index in [1.54, 1.807) is 0 Å². The third kappa shape index (κ3) is 5.81. The number of rotatable bonds is 5. The molecule has 6 nitrogen and oxygen atoms in total. The lowest BCUT2D eigenvalue weighted by Crippen LogP contribution is -2.35. The highest BCUT2D eigenvalue weighted by molar-refractivity contribution is 6.29. The second kappa shape index (κ2) is 7.71. The van der Waals surface area contributed by atoms with E-state index < -0.39 is 78.7 Å². The molecule has 0 bridgehead atoms. The van der Waals surface area contributed by atoms with Gasteiger partial charge < -0.3 is 10.6 Å². The second-order valence-electron chi connectivity index (χ2n) is 4.50. The number of nitrogens with one attached hydrogen (secondary N) is 2. The summed E-state index contributed by atoms with van der Waals surface area (Å²) in [5.41, 5.74) is -0.646. The summed E-state index contributed by atoms with van der Waals surface area (Å²) in [5, 5.41) is 1.60. The number of halogens is 7. The van der Waals surface area contributed by atoms with Crippen molar-refractivity contribution >= 4 is 23.5 Å². The predicted molar refractivity (Wildman–Crippen MR) is 86.3 cm³/mol. The van der Waals surface area contributed by atoms with Crippen molar-refractivity contribution in [2.45, 2.75) is 38.1 Å². The van der Waals surface area contributed by atoms with Gasteiger partial charge in [0.15, 0.2) is 5.82 Å². The summed E-state index contributed by atoms with van der Waals surface area (Å²) in [4.78, 5) is 13.5. The van der Waals surface area contributed by atoms with Crippen molar-refractivity contribution in [2.75, 3.05) is 10.6 Å². The maximum absolute atomic E-state index is 13.5. The maximum Gasteiger partial charge on any atom is 0.408 e. The van der Waals surface area contributed by atoms with Gasteiger partial charge in [0.1, 0.15) is 22.9 Å². The average Bonchev–Trinajstić information content (AvgIpc) is 2.68. The Labute approximate surface area is 168 Å². The summed E-state index contributed by atoms with van der Waals surface area (Å²) in [7, 11) is 0. The largest absolute Gasteiger partial charge is 0.408 e. The fraction of sp³-hybridized carbons (Fsp3) is 0.429. The van der Waals surface area contributed by atoms with E-state index in [2.05, 4.69) is 19.9 Å². The molecule has 2 rings (SSSR count). The summed E-state index contributed by atoms with van der Waals surface area (Å²) in [6.07, 6.45) is -11.7. The molecule has 2 N–H and O–H groups in total. The minimum Gasteiger partial charge on any atom is -0.343 e. The van der Waals surface area contributed by atoms with Gasteiger partial charge in [0, 0.05) is 8.22 Å². The topological polar surface area (TPSA) is 75.6 Å². The second-order valence-corrected chi connectivity index (χ2v) is 4.86. The van der Waals surface area contributed by atoms with E-state index >= 15 is 0 Å². The molecule has 0 amide bonds. The van der Waals surface area contributed by atoms with Crippen LogP contribution < -0.4 is 10.6 Å². The molecule has 0 saturated carbocycles. The quantitative estimate of drug-likeness (QED) is 0.550. The fourth-order valence-corrected chi connectivity index (χ4v) is 1.56. The van der Waals surface area contributed by atoms with Crippen molar-refractivity contribution < 1.29 is 40.1 Å². The standard InChI is InChI=1S/C14H13ClF6N6/c1-6(13(16,17)18)22-11-25-10(8-4-3-5-9(15)24-8)26-12(27-11)23-7(2)14(19,20)21/h3-7H,1-2H3,(H2,22,23,25,26,27)/t6-,7-/m1/s1/i1D3,2D3,3D,5D,6D,7D. The number of pyridine rings is 1. The molecule has 0 radical (unpaired) electrons. The Morgan fingerprint density at radius 2 is 1.52 bits per heavy atom. The molecule has 2 atom stereocenters. The van der Waals surface area contributed by atoms with Gasteiger partial charge in [0.25, 0.3) is 0 Å². The highest BCUT2D eigenvalue weighted by atomic mass is 35.5. The van der Waals surface area contributed by atoms with E-state index in [9.17, 15) is 26.3 Å². The number of hydrogen-bond donors (Lipinski definition) is 2. The van der Waals surface area contributed by atoms with Crippen LogP contribution in [0.15, 0.2) is 18.2 Å². The molecular weight excluding hydrogens is 402 g/mol. The predicted octanol–water partition coefficient (Wildman–Crippen LogP) is 4.31. The monoisotopic (exact) mass is 424 g/mol. The Bertz CT molecular complexity index is 1060. The van der Waals surface area contributed by atoms with Crippen molar-refractivity contribution in [1.29, 1.82) is 0 Å². The molecule has 0 fully saturated rings. The van der Waals surface area contributed by atoms with Gasteiger partial charge in [-0.25, -0.2) is 4.98 Å². The molecule has 0 spiro atoms. The zero-order valence-electron chi connectivity index (χ0n) is 22.5. The summed E-state index contributed by atoms with van der Waals surface area (Å²) < 4.78 is 154. The number of aromatic nitrogens is 4. The van der Waals surface area contributed by atoms with Crippen molar-refractivity contribution in [3.63, 3.8) is 0 Å². The van der Waals surface area contributed by atoms with E-state index in [0.29, 0.717) is 6.07 Å². The van der Waals surface area contributed by atoms with Gasteiger partial charge in [-0.15, -0.1) is 0 Å². The minimum atomic E-state index is -5.84. The molecule has 0 saturated heterocycles. The lowest BCUT2D eigenvalue weighted by atomic mass is 10.3. The van der Waals surface area contributed by atoms with Crippen LogP contribution in [0, 0.1) is 0 Å². The fourth-order valence-electron chi connectivity index (χ4n) is 1.41. The molecule has 2 heterocycles. The van der Waals surface area contributed by atoms with Crippen molar-refractivity contribution in [1.82, 2.24) is 19.9 Å². The van der Waals surface area contributed by atoms with E-state index in [1.165, 1.54) is 0 Å². The average molecular weight is 425 g/mol. The molecule has 0 unspecified atom stereocenters. The van der Waals surface area contributed by atoms with E-state index in [-0.39, 0.29) is 0 Å². The zero-order chi connectivity index (χ0) is 29.0. The van der Waals surface area contributed by atoms with Crippen LogP contribution in [0.5, 0.6) is 0 Å². The highest BCUT2D eigenvalue weighted by Crippen LogP contribution is 2.26. The van der Waals surface area contributed by atoms with Crippen LogP contribution in [0.3, 0.4) is 0 Å². The maximum atomic E-state index is 13.5. The number of alkyl halides is 6. The molecular formula is C14H13ClF6N6. The van der Waals surface area contributed by atoms with Crippen LogP contribution >= 0.6 is 11.6 Å². The van der Waals surface area contributed by atoms with E-state index in [1.807, 2.05) is 0 Å². The van der Waals surface area contributed by atoms with Crippen LogP contribution in [0.2, 0.25) is 5.15 Å². The highest BCUT2D eigenvalue weighted by Gasteiger charge is 2.38. The van der Waals surface area contributed by atoms with Crippen molar-refractivity contribution in [3.8, 4) is 11.5 Å². The van der Waals surface area contributed by atoms with Crippen LogP contribution in [0.25, 0.3) is 11.5 Å². The minimum absolute atomic E-state index is 0.634. The molecule has 148 valence electrons. The van der Waals surface area contributed by atoms with Gasteiger partial charge in [0.2, 0.25) is 11.9 Å². The van der Waals surface area contributed by atoms with Crippen LogP contribution in [0.1, 0.15) is 27.4 Å². The number of nitrogens with zero attached hydrogens (tertiary/aromatic N) is 4. The lowest BCUT2D eigenvalue weighted by Gasteiger charge is -2.20. The lowest BCUT2D eigenvalue weighted by molar-refractivity contribution is -0.139. The van der Waals surface area contributed by atoms with Crippen molar-refractivity contribution in [3.05, 3.63) is 23.3 Å². The molecule has 0 aliphatic carbocycles. The third-order valence-electron chi connectivity index (χ3n) is 2.51. The molecule has 0 aliphatic rings. The first-order chi connectivity index (χ1) is 16.3. The van der Waals surface area contributed by atoms with Gasteiger partial charge in [-0.3, -0.25) is 0 Å². The Kier molecular flexibility index (Phi) is 3.09. The van der Waals surface area contributed by atoms with E-state index in [0.717, 1.165) is 10.6 Å². The smallest absolute Gasteiger partial charge is 0.343 e. The van der Waals surface area contributed by atoms with Gasteiger partial charge in [-0.2, -0.15) is 41.3 Å². The first kappa shape index (κ1) is 10.8. The van der Waals surface area contributed by atoms with Crippen LogP contribution in [-0.4, -0.2) is 44.3 Å². The summed E-state index contributed by atoms with van der Waals surface area (Å²) in [6.45, 7) is -8.31. The van der Waals surface area contributed by atoms with Gasteiger partial charge in [0.05, 0.1) is 5.48 Å². The summed E-state index contributed by atoms with van der Waals surface area (Å²) in [6, 6.07) is -9.64. The van der Waals surface area contributed by atoms with Crippen LogP contribution in [-0.2, 0) is 0 Å². The first-order valence-corrected chi connectivity index (χ1v) is 6.82. The normalized spacial score (nSPS) is 23.2.